The summed E-state index contributed by atoms with van der Waals surface area (Å²) in [6.45, 7) is 0. The van der Waals surface area contributed by atoms with Crippen molar-refractivity contribution < 1.29 is 9.94 Å². The van der Waals surface area contributed by atoms with E-state index in [0.717, 1.165) is 5.06 Å². The van der Waals surface area contributed by atoms with Crippen molar-refractivity contribution in [3.63, 3.8) is 0 Å². The lowest BCUT2D eigenvalue weighted by Crippen LogP contribution is -2.25. The Hall–Kier alpha value is -1.28. The van der Waals surface area contributed by atoms with E-state index in [1.165, 1.54) is 14.2 Å². The zero-order valence-corrected chi connectivity index (χ0v) is 5.12. The van der Waals surface area contributed by atoms with Gasteiger partial charge in [-0.05, 0) is 0 Å². The van der Waals surface area contributed by atoms with Crippen molar-refractivity contribution in [2.75, 3.05) is 14.2 Å². The van der Waals surface area contributed by atoms with Crippen LogP contribution in [0.1, 0.15) is 0 Å². The maximum Gasteiger partial charge on any atom is 0.397 e. The molecule has 0 aromatic carbocycles. The Balaban J connectivity index is 4.19. The molecule has 0 aliphatic rings. The Kier molecular flexibility index (Phi) is 3.16. The number of hydrogen-bond acceptors (Lipinski definition) is 4. The lowest BCUT2D eigenvalue weighted by molar-refractivity contribution is -0.361. The summed E-state index contributed by atoms with van der Waals surface area (Å²) in [6.07, 6.45) is 0. The quantitative estimate of drug-likeness (QED) is 0.191. The second-order valence-corrected chi connectivity index (χ2v) is 1.19. The van der Waals surface area contributed by atoms with Gasteiger partial charge in [0, 0.05) is 7.05 Å². The molecule has 0 aliphatic heterocycles. The van der Waals surface area contributed by atoms with Crippen molar-refractivity contribution in [2.24, 2.45) is 0 Å². The van der Waals surface area contributed by atoms with Crippen LogP contribution in [0, 0.1) is 4.91 Å². The highest BCUT2D eigenvalue weighted by atomic mass is 16.7. The fourth-order valence-corrected chi connectivity index (χ4v) is 0.192. The van der Waals surface area contributed by atoms with Crippen LogP contribution in [0.15, 0.2) is 5.88 Å². The van der Waals surface area contributed by atoms with E-state index >= 15 is 0 Å². The van der Waals surface area contributed by atoms with Gasteiger partial charge in [0.1, 0.15) is 5.88 Å². The predicted octanol–water partition coefficient (Wildman–Crippen LogP) is -1.82. The maximum absolute atomic E-state index is 10.4. The predicted molar refractivity (Wildman–Crippen MR) is 28.8 cm³/mol. The van der Waals surface area contributed by atoms with Crippen molar-refractivity contribution in [3.8, 4) is 0 Å². The van der Waals surface area contributed by atoms with E-state index in [0.29, 0.717) is 0 Å². The summed E-state index contributed by atoms with van der Waals surface area (Å²) >= 11 is 0. The minimum absolute atomic E-state index is 0.701. The first-order valence-corrected chi connectivity index (χ1v) is 2.12. The van der Waals surface area contributed by atoms with Gasteiger partial charge < -0.3 is 5.11 Å². The highest BCUT2D eigenvalue weighted by molar-refractivity contribution is 5.51. The molecule has 0 amide bonds. The molecular weight excluding hydrogens is 124 g/mol. The van der Waals surface area contributed by atoms with Crippen LogP contribution in [-0.4, -0.2) is 25.1 Å². The smallest absolute Gasteiger partial charge is 0.397 e. The summed E-state index contributed by atoms with van der Waals surface area (Å²) in [4.78, 5) is 15.9. The van der Waals surface area contributed by atoms with Crippen molar-refractivity contribution in [1.82, 2.24) is 9.92 Å². The molecule has 0 atom stereocenters. The molecule has 0 N–H and O–H groups in total. The number of nitrogens with zero attached hydrogens (tertiary/aromatic N) is 2. The molecular formula is C4H6N2O3. The molecule has 0 spiro atoms. The Bertz CT molecular complexity index is 167. The normalized spacial score (nSPS) is 7.33. The summed E-state index contributed by atoms with van der Waals surface area (Å²) in [5.41, 5.74) is 0. The minimum Gasteiger partial charge on any atom is -0.848 e. The van der Waals surface area contributed by atoms with Gasteiger partial charge in [0.05, 0.1) is 7.11 Å². The second-order valence-electron chi connectivity index (χ2n) is 1.19. The topological polar surface area (TPSA) is 66.7 Å². The van der Waals surface area contributed by atoms with Gasteiger partial charge in [-0.25, -0.2) is 0 Å². The highest BCUT2D eigenvalue weighted by Gasteiger charge is 1.91. The summed E-state index contributed by atoms with van der Waals surface area (Å²) in [5.74, 6) is 0.926. The van der Waals surface area contributed by atoms with Crippen LogP contribution in [0.25, 0.3) is 0 Å². The standard InChI is InChI=1S/C4H6N2O3/c1-6(9-2)4(7)3-5-8/h1-2H3. The molecule has 9 heavy (non-hydrogen) atoms. The fourth-order valence-electron chi connectivity index (χ4n) is 0.192. The zero-order valence-electron chi connectivity index (χ0n) is 5.12. The Morgan fingerprint density at radius 2 is 2.44 bits per heavy atom. The van der Waals surface area contributed by atoms with Crippen LogP contribution in [0.5, 0.6) is 0 Å². The largest absolute Gasteiger partial charge is 0.848 e. The monoisotopic (exact) mass is 130 g/mol. The van der Waals surface area contributed by atoms with Crippen LogP contribution in [0.2, 0.25) is 0 Å². The maximum atomic E-state index is 10.4. The molecule has 0 radical (unpaired) electrons. The molecule has 0 aromatic rings. The molecule has 5 nitrogen and oxygen atoms in total. The molecule has 0 rings (SSSR count). The van der Waals surface area contributed by atoms with Gasteiger partial charge in [-0.2, -0.15) is 0 Å². The third-order valence-corrected chi connectivity index (χ3v) is 0.701. The van der Waals surface area contributed by atoms with Crippen molar-refractivity contribution >= 4 is 5.87 Å². The first-order valence-electron chi connectivity index (χ1n) is 2.12. The Labute approximate surface area is 51.8 Å². The third-order valence-electron chi connectivity index (χ3n) is 0.701. The molecule has 0 fully saturated rings. The lowest BCUT2D eigenvalue weighted by atomic mass is 10.8. The van der Waals surface area contributed by atoms with Gasteiger partial charge in [-0.3, -0.25) is 9.90 Å². The van der Waals surface area contributed by atoms with Gasteiger partial charge in [0.2, 0.25) is 0 Å². The fraction of sp³-hybridized carbons (Fsp3) is 0.500. The van der Waals surface area contributed by atoms with Crippen molar-refractivity contribution in [1.29, 1.82) is 0 Å². The van der Waals surface area contributed by atoms with Crippen molar-refractivity contribution in [2.45, 2.75) is 0 Å². The SMILES string of the molecule is CON(C)C([O-])=C=[N+]=O. The van der Waals surface area contributed by atoms with E-state index in [1.54, 1.807) is 5.87 Å². The first-order chi connectivity index (χ1) is 4.22. The average molecular weight is 130 g/mol. The summed E-state index contributed by atoms with van der Waals surface area (Å²) in [7, 11) is 2.64. The van der Waals surface area contributed by atoms with Gasteiger partial charge in [0.25, 0.3) is 4.85 Å². The number of hydroxylamine groups is 2. The van der Waals surface area contributed by atoms with E-state index in [4.69, 9.17) is 0 Å². The molecule has 5 heteroatoms. The summed E-state index contributed by atoms with van der Waals surface area (Å²) in [5, 5.41) is 11.2. The van der Waals surface area contributed by atoms with Crippen LogP contribution >= 0.6 is 0 Å². The van der Waals surface area contributed by atoms with E-state index in [9.17, 15) is 10.0 Å². The van der Waals surface area contributed by atoms with E-state index in [1.807, 2.05) is 0 Å². The lowest BCUT2D eigenvalue weighted by Gasteiger charge is -2.16. The first kappa shape index (κ1) is 7.72. The highest BCUT2D eigenvalue weighted by Crippen LogP contribution is 1.83. The zero-order chi connectivity index (χ0) is 7.28. The van der Waals surface area contributed by atoms with Gasteiger partial charge in [-0.15, -0.1) is 0 Å². The van der Waals surface area contributed by atoms with Crippen LogP contribution in [0.4, 0.5) is 0 Å². The molecule has 0 heterocycles. The molecule has 50 valence electrons. The minimum atomic E-state index is -0.701. The molecule has 0 saturated heterocycles. The van der Waals surface area contributed by atoms with Crippen LogP contribution < -0.4 is 9.96 Å². The third kappa shape index (κ3) is 2.51. The Morgan fingerprint density at radius 3 is 2.78 bits per heavy atom. The van der Waals surface area contributed by atoms with Crippen LogP contribution in [0.3, 0.4) is 0 Å². The van der Waals surface area contributed by atoms with Crippen molar-refractivity contribution in [3.05, 3.63) is 10.8 Å². The Morgan fingerprint density at radius 1 is 1.89 bits per heavy atom. The molecule has 0 bridgehead atoms. The van der Waals surface area contributed by atoms with E-state index < -0.39 is 5.88 Å². The van der Waals surface area contributed by atoms with Gasteiger partial charge in [-0.1, -0.05) is 0 Å². The number of rotatable bonds is 2. The second kappa shape index (κ2) is 3.69. The average Bonchev–Trinajstić information content (AvgIpc) is 1.87. The van der Waals surface area contributed by atoms with E-state index in [2.05, 4.69) is 9.69 Å². The number of hydrogen-bond donors (Lipinski definition) is 0. The van der Waals surface area contributed by atoms with Crippen LogP contribution in [-0.2, 0) is 4.84 Å². The van der Waals surface area contributed by atoms with Gasteiger partial charge >= 0.3 is 5.87 Å². The van der Waals surface area contributed by atoms with E-state index in [-0.39, 0.29) is 0 Å². The summed E-state index contributed by atoms with van der Waals surface area (Å²) < 4.78 is 0. The number of nitroso groups, excluding NO2 is 1. The summed E-state index contributed by atoms with van der Waals surface area (Å²) in [6, 6.07) is 0. The molecule has 0 aromatic heterocycles. The van der Waals surface area contributed by atoms with Gasteiger partial charge in [0.15, 0.2) is 4.91 Å². The molecule has 0 unspecified atom stereocenters. The molecule has 0 saturated carbocycles. The molecule has 0 aliphatic carbocycles.